The molecule has 1 N–H and O–H groups in total. The predicted molar refractivity (Wildman–Crippen MR) is 49.4 cm³/mol. The number of hydrogen-bond acceptors (Lipinski definition) is 5. The van der Waals surface area contributed by atoms with E-state index in [-0.39, 0.29) is 17.4 Å². The van der Waals surface area contributed by atoms with Crippen LogP contribution in [-0.4, -0.2) is 44.2 Å². The van der Waals surface area contributed by atoms with Crippen molar-refractivity contribution in [3.63, 3.8) is 0 Å². The summed E-state index contributed by atoms with van der Waals surface area (Å²) in [6.45, 7) is 0. The molecule has 0 bridgehead atoms. The van der Waals surface area contributed by atoms with Gasteiger partial charge in [0.25, 0.3) is 0 Å². The fourth-order valence-electron chi connectivity index (χ4n) is 1.54. The number of hydrogen-bond donors (Lipinski definition) is 1. The Balaban J connectivity index is 2.53. The number of methoxy groups -OCH3 is 1. The van der Waals surface area contributed by atoms with Gasteiger partial charge in [-0.2, -0.15) is 0 Å². The normalized spacial score (nSPS) is 24.1. The van der Waals surface area contributed by atoms with Crippen LogP contribution in [0.15, 0.2) is 0 Å². The van der Waals surface area contributed by atoms with Crippen molar-refractivity contribution in [2.24, 2.45) is 5.92 Å². The molecule has 1 atom stereocenters. The van der Waals surface area contributed by atoms with Gasteiger partial charge >= 0.3 is 5.97 Å². The second kappa shape index (κ2) is 4.27. The third-order valence-corrected chi connectivity index (χ3v) is 4.20. The highest BCUT2D eigenvalue weighted by molar-refractivity contribution is 7.91. The Morgan fingerprint density at radius 2 is 1.93 bits per heavy atom. The van der Waals surface area contributed by atoms with E-state index >= 15 is 0 Å². The molecule has 0 aromatic rings. The van der Waals surface area contributed by atoms with Gasteiger partial charge in [0.2, 0.25) is 0 Å². The van der Waals surface area contributed by atoms with E-state index < -0.39 is 21.9 Å². The molecule has 6 heteroatoms. The van der Waals surface area contributed by atoms with Crippen LogP contribution >= 0.6 is 0 Å². The molecule has 1 rings (SSSR count). The number of aliphatic hydroxyl groups excluding tert-OH is 1. The van der Waals surface area contributed by atoms with Gasteiger partial charge in [0.05, 0.1) is 18.6 Å². The first-order valence-electron chi connectivity index (χ1n) is 4.42. The van der Waals surface area contributed by atoms with Gasteiger partial charge in [-0.1, -0.05) is 0 Å². The maximum absolute atomic E-state index is 11.1. The number of rotatable bonds is 2. The van der Waals surface area contributed by atoms with Crippen molar-refractivity contribution < 1.29 is 23.1 Å². The zero-order valence-corrected chi connectivity index (χ0v) is 8.79. The molecule has 1 aliphatic heterocycles. The van der Waals surface area contributed by atoms with E-state index in [0.717, 1.165) is 0 Å². The SMILES string of the molecule is COC(=O)C(O)C1CCS(=O)(=O)CC1. The molecule has 1 fully saturated rings. The minimum atomic E-state index is -2.94. The Morgan fingerprint density at radius 1 is 1.43 bits per heavy atom. The molecule has 0 aromatic carbocycles. The molecule has 82 valence electrons. The lowest BCUT2D eigenvalue weighted by Gasteiger charge is -2.24. The van der Waals surface area contributed by atoms with Crippen LogP contribution in [0.1, 0.15) is 12.8 Å². The van der Waals surface area contributed by atoms with Crippen LogP contribution < -0.4 is 0 Å². The Labute approximate surface area is 83.0 Å². The molecule has 1 unspecified atom stereocenters. The lowest BCUT2D eigenvalue weighted by Crippen LogP contribution is -2.36. The van der Waals surface area contributed by atoms with Crippen LogP contribution in [0.2, 0.25) is 0 Å². The maximum atomic E-state index is 11.1. The average Bonchev–Trinajstić information content (AvgIpc) is 2.15. The second-order valence-electron chi connectivity index (χ2n) is 3.46. The molecular formula is C8H14O5S. The molecule has 1 saturated heterocycles. The minimum absolute atomic E-state index is 0.0473. The monoisotopic (exact) mass is 222 g/mol. The van der Waals surface area contributed by atoms with E-state index in [0.29, 0.717) is 12.8 Å². The molecule has 0 aliphatic carbocycles. The lowest BCUT2D eigenvalue weighted by molar-refractivity contribution is -0.153. The first-order chi connectivity index (χ1) is 6.46. The molecule has 0 amide bonds. The van der Waals surface area contributed by atoms with E-state index in [2.05, 4.69) is 4.74 Å². The standard InChI is InChI=1S/C8H14O5S/c1-13-8(10)7(9)6-2-4-14(11,12)5-3-6/h6-7,9H,2-5H2,1H3. The quantitative estimate of drug-likeness (QED) is 0.628. The molecule has 1 heterocycles. The molecule has 0 radical (unpaired) electrons. The van der Waals surface area contributed by atoms with Crippen molar-refractivity contribution >= 4 is 15.8 Å². The third kappa shape index (κ3) is 2.68. The number of carbonyl (C=O) groups excluding carboxylic acids is 1. The first-order valence-corrected chi connectivity index (χ1v) is 6.25. The number of sulfone groups is 1. The van der Waals surface area contributed by atoms with Gasteiger partial charge in [0.15, 0.2) is 6.10 Å². The summed E-state index contributed by atoms with van der Waals surface area (Å²) in [4.78, 5) is 11.0. The van der Waals surface area contributed by atoms with Crippen LogP contribution in [0.25, 0.3) is 0 Å². The smallest absolute Gasteiger partial charge is 0.334 e. The zero-order chi connectivity index (χ0) is 10.8. The molecule has 0 saturated carbocycles. The summed E-state index contributed by atoms with van der Waals surface area (Å²) in [6, 6.07) is 0. The summed E-state index contributed by atoms with van der Waals surface area (Å²) in [5.41, 5.74) is 0. The fourth-order valence-corrected chi connectivity index (χ4v) is 3.07. The van der Waals surface area contributed by atoms with E-state index in [4.69, 9.17) is 0 Å². The van der Waals surface area contributed by atoms with Gasteiger partial charge in [0, 0.05) is 0 Å². The molecule has 1 aliphatic rings. The summed E-state index contributed by atoms with van der Waals surface area (Å²) in [5.74, 6) is -0.877. The fraction of sp³-hybridized carbons (Fsp3) is 0.875. The second-order valence-corrected chi connectivity index (χ2v) is 5.76. The zero-order valence-electron chi connectivity index (χ0n) is 7.97. The van der Waals surface area contributed by atoms with E-state index in [1.54, 1.807) is 0 Å². The van der Waals surface area contributed by atoms with Crippen molar-refractivity contribution in [3.05, 3.63) is 0 Å². The predicted octanol–water partition coefficient (Wildman–Crippen LogP) is -0.655. The summed E-state index contributed by atoms with van der Waals surface area (Å²) in [7, 11) is -1.75. The van der Waals surface area contributed by atoms with Crippen LogP contribution in [0, 0.1) is 5.92 Å². The van der Waals surface area contributed by atoms with Gasteiger partial charge < -0.3 is 9.84 Å². The number of ether oxygens (including phenoxy) is 1. The van der Waals surface area contributed by atoms with Crippen LogP contribution in [0.5, 0.6) is 0 Å². The lowest BCUT2D eigenvalue weighted by atomic mass is 9.96. The topological polar surface area (TPSA) is 80.7 Å². The molecule has 0 spiro atoms. The van der Waals surface area contributed by atoms with Crippen molar-refractivity contribution in [2.75, 3.05) is 18.6 Å². The average molecular weight is 222 g/mol. The number of esters is 1. The van der Waals surface area contributed by atoms with Crippen molar-refractivity contribution in [1.29, 1.82) is 0 Å². The third-order valence-electron chi connectivity index (χ3n) is 2.49. The van der Waals surface area contributed by atoms with Crippen molar-refractivity contribution in [1.82, 2.24) is 0 Å². The Bertz CT molecular complexity index is 294. The van der Waals surface area contributed by atoms with Gasteiger partial charge in [-0.05, 0) is 18.8 Å². The highest BCUT2D eigenvalue weighted by Crippen LogP contribution is 2.22. The highest BCUT2D eigenvalue weighted by Gasteiger charge is 2.32. The Morgan fingerprint density at radius 3 is 2.36 bits per heavy atom. The van der Waals surface area contributed by atoms with E-state index in [1.807, 2.05) is 0 Å². The molecular weight excluding hydrogens is 208 g/mol. The summed E-state index contributed by atoms with van der Waals surface area (Å²) in [5, 5.41) is 9.44. The summed E-state index contributed by atoms with van der Waals surface area (Å²) < 4.78 is 26.5. The van der Waals surface area contributed by atoms with Crippen molar-refractivity contribution in [3.8, 4) is 0 Å². The van der Waals surface area contributed by atoms with Gasteiger partial charge in [-0.15, -0.1) is 0 Å². The van der Waals surface area contributed by atoms with Gasteiger partial charge in [-0.3, -0.25) is 0 Å². The maximum Gasteiger partial charge on any atom is 0.334 e. The van der Waals surface area contributed by atoms with Crippen LogP contribution in [-0.2, 0) is 19.4 Å². The minimum Gasteiger partial charge on any atom is -0.467 e. The van der Waals surface area contributed by atoms with Gasteiger partial charge in [0.1, 0.15) is 9.84 Å². The summed E-state index contributed by atoms with van der Waals surface area (Å²) in [6.07, 6.45) is -0.521. The van der Waals surface area contributed by atoms with Crippen molar-refractivity contribution in [2.45, 2.75) is 18.9 Å². The van der Waals surface area contributed by atoms with Crippen LogP contribution in [0.3, 0.4) is 0 Å². The molecule has 0 aromatic heterocycles. The molecule has 14 heavy (non-hydrogen) atoms. The van der Waals surface area contributed by atoms with Crippen LogP contribution in [0.4, 0.5) is 0 Å². The van der Waals surface area contributed by atoms with E-state index in [1.165, 1.54) is 7.11 Å². The first kappa shape index (κ1) is 11.5. The summed E-state index contributed by atoms with van der Waals surface area (Å²) >= 11 is 0. The highest BCUT2D eigenvalue weighted by atomic mass is 32.2. The molecule has 5 nitrogen and oxygen atoms in total. The van der Waals surface area contributed by atoms with Gasteiger partial charge in [-0.25, -0.2) is 13.2 Å². The number of aliphatic hydroxyl groups is 1. The van der Waals surface area contributed by atoms with E-state index in [9.17, 15) is 18.3 Å². The Kier molecular flexibility index (Phi) is 3.49. The Hall–Kier alpha value is -0.620. The number of carbonyl (C=O) groups is 1. The largest absolute Gasteiger partial charge is 0.467 e.